The van der Waals surface area contributed by atoms with E-state index in [1.165, 1.54) is 38.2 Å². The molecule has 0 radical (unpaired) electrons. The molecule has 3 aliphatic rings. The minimum absolute atomic E-state index is 0.0640. The molecular weight excluding hydrogens is 821 g/mol. The van der Waals surface area contributed by atoms with Crippen molar-refractivity contribution in [2.45, 2.75) is 95.6 Å². The Kier molecular flexibility index (Phi) is 9.69. The molecule has 14 nitrogen and oxygen atoms in total. The van der Waals surface area contributed by atoms with Crippen LogP contribution in [-0.4, -0.2) is 78.3 Å². The molecule has 324 valence electrons. The first-order chi connectivity index (χ1) is 29.3. The van der Waals surface area contributed by atoms with Crippen LogP contribution in [0.5, 0.6) is 0 Å². The van der Waals surface area contributed by atoms with Crippen molar-refractivity contribution in [2.24, 2.45) is 12.5 Å². The number of hydrogen-bond donors (Lipinski definition) is 1. The maximum Gasteiger partial charge on any atom is 0.435 e. The van der Waals surface area contributed by atoms with Gasteiger partial charge in [-0.15, -0.1) is 0 Å². The molecule has 2 amide bonds. The molecule has 6 aromatic rings. The lowest BCUT2D eigenvalue weighted by Gasteiger charge is -2.33. The normalized spacial score (nSPS) is 19.6. The van der Waals surface area contributed by atoms with Crippen molar-refractivity contribution in [3.63, 3.8) is 0 Å². The minimum atomic E-state index is -4.88. The molecule has 2 aliphatic carbocycles. The molecule has 7 heterocycles. The van der Waals surface area contributed by atoms with E-state index in [4.69, 9.17) is 4.98 Å². The van der Waals surface area contributed by atoms with Crippen molar-refractivity contribution in [1.29, 1.82) is 0 Å². The van der Waals surface area contributed by atoms with Crippen LogP contribution in [0.2, 0.25) is 0 Å². The number of alkyl halides is 5. The van der Waals surface area contributed by atoms with E-state index in [2.05, 4.69) is 25.5 Å². The Morgan fingerprint density at radius 1 is 1.02 bits per heavy atom. The van der Waals surface area contributed by atoms with Gasteiger partial charge in [0.05, 0.1) is 40.8 Å². The van der Waals surface area contributed by atoms with Gasteiger partial charge in [0.15, 0.2) is 11.5 Å². The fourth-order valence-electron chi connectivity index (χ4n) is 8.76. The molecule has 62 heavy (non-hydrogen) atoms. The van der Waals surface area contributed by atoms with Crippen LogP contribution in [0.25, 0.3) is 28.3 Å². The molecule has 1 saturated heterocycles. The van der Waals surface area contributed by atoms with Crippen molar-refractivity contribution >= 4 is 17.6 Å². The second-order valence-electron chi connectivity index (χ2n) is 17.3. The van der Waals surface area contributed by atoms with Crippen LogP contribution in [0.15, 0.2) is 66.2 Å². The zero-order valence-corrected chi connectivity index (χ0v) is 34.0. The number of nitrogens with zero attached hydrogens (tertiary/aromatic N) is 10. The van der Waals surface area contributed by atoms with E-state index >= 15 is 0 Å². The fourth-order valence-corrected chi connectivity index (χ4v) is 8.76. The second-order valence-corrected chi connectivity index (χ2v) is 17.3. The maximum absolute atomic E-state index is 14.5. The first-order valence-electron chi connectivity index (χ1n) is 20.1. The zero-order chi connectivity index (χ0) is 44.0. The summed E-state index contributed by atoms with van der Waals surface area (Å²) >= 11 is 0. The van der Waals surface area contributed by atoms with Gasteiger partial charge in [0.2, 0.25) is 17.6 Å². The van der Waals surface area contributed by atoms with E-state index in [0.717, 1.165) is 62.9 Å². The average Bonchev–Trinajstić information content (AvgIpc) is 3.93. The Morgan fingerprint density at radius 2 is 1.79 bits per heavy atom. The molecule has 2 saturated carbocycles. The van der Waals surface area contributed by atoms with Gasteiger partial charge >= 0.3 is 12.7 Å². The molecule has 0 bridgehead atoms. The van der Waals surface area contributed by atoms with Crippen LogP contribution in [-0.2, 0) is 35.8 Å². The Hall–Kier alpha value is -6.34. The van der Waals surface area contributed by atoms with Gasteiger partial charge in [-0.05, 0) is 75.8 Å². The molecule has 3 fully saturated rings. The lowest BCUT2D eigenvalue weighted by molar-refractivity contribution is -0.141. The number of carbonyl (C=O) groups is 2. The van der Waals surface area contributed by atoms with Crippen molar-refractivity contribution in [3.8, 4) is 22.5 Å². The third-order valence-electron chi connectivity index (χ3n) is 12.2. The molecule has 6 aromatic heterocycles. The first-order valence-corrected chi connectivity index (χ1v) is 20.1. The zero-order valence-electron chi connectivity index (χ0n) is 34.0. The molecule has 0 unspecified atom stereocenters. The van der Waals surface area contributed by atoms with Crippen molar-refractivity contribution in [2.75, 3.05) is 6.54 Å². The monoisotopic (exact) mass is 861 g/mol. The van der Waals surface area contributed by atoms with Crippen molar-refractivity contribution in [1.82, 2.24) is 53.7 Å². The van der Waals surface area contributed by atoms with Gasteiger partial charge in [0.1, 0.15) is 6.04 Å². The van der Waals surface area contributed by atoms with Gasteiger partial charge in [-0.2, -0.15) is 32.1 Å². The third kappa shape index (κ3) is 7.52. The van der Waals surface area contributed by atoms with Gasteiger partial charge < -0.3 is 14.8 Å². The Morgan fingerprint density at radius 3 is 2.47 bits per heavy atom. The summed E-state index contributed by atoms with van der Waals surface area (Å²) in [5.74, 6) is -1.25. The molecule has 1 aliphatic heterocycles. The first kappa shape index (κ1) is 41.0. The van der Waals surface area contributed by atoms with Crippen molar-refractivity contribution in [3.05, 3.63) is 106 Å². The average molecular weight is 862 g/mol. The highest BCUT2D eigenvalue weighted by Gasteiger charge is 2.65. The summed E-state index contributed by atoms with van der Waals surface area (Å²) in [6.07, 6.45) is 7.25. The number of hydrogen-bond acceptors (Lipinski definition) is 8. The van der Waals surface area contributed by atoms with E-state index in [1.54, 1.807) is 6.20 Å². The summed E-state index contributed by atoms with van der Waals surface area (Å²) in [6.45, 7) is 1.83. The summed E-state index contributed by atoms with van der Waals surface area (Å²) in [5.41, 5.74) is -0.239. The van der Waals surface area contributed by atoms with Crippen molar-refractivity contribution < 1.29 is 35.9 Å². The minimum Gasteiger partial charge on any atom is -0.348 e. The van der Waals surface area contributed by atoms with Gasteiger partial charge in [0.25, 0.3) is 5.56 Å². The van der Waals surface area contributed by atoms with Crippen LogP contribution in [0.3, 0.4) is 0 Å². The molecule has 1 N–H and O–H groups in total. The highest BCUT2D eigenvalue weighted by molar-refractivity contribution is 5.94. The standard InChI is InChI=1S/C42H41F6N11O3/c1-22-27(7-8-30(51-22)26-16-49-39-52-31(24-5-6-24)20-56(39)19-26)28-14-41(28)9-10-57(37(41)62)33(11-23-15-50-58(17-23)38(44)45)35(60)53-40(2,3)21-59-32(13-34(54-59)42(46,47)48)25-12-29(43)36(61)55(4)18-25/h7-8,12-13,15-20,24,28,33,38H,5-6,9-11,14,21H2,1-4H3,(H,53,60)/t28-,33-,41+/m1/s1. The predicted molar refractivity (Wildman–Crippen MR) is 210 cm³/mol. The Bertz CT molecular complexity index is 2800. The predicted octanol–water partition coefficient (Wildman–Crippen LogP) is 6.20. The highest BCUT2D eigenvalue weighted by Crippen LogP contribution is 2.65. The number of fused-ring (bicyclic) bond motifs is 1. The number of rotatable bonds is 12. The van der Waals surface area contributed by atoms with Crippen LogP contribution < -0.4 is 10.9 Å². The lowest BCUT2D eigenvalue weighted by atomic mass is 9.96. The number of carbonyl (C=O) groups excluding carboxylic acids is 2. The second kappa shape index (κ2) is 14.6. The van der Waals surface area contributed by atoms with Crippen LogP contribution >= 0.6 is 0 Å². The van der Waals surface area contributed by atoms with E-state index in [0.29, 0.717) is 34.9 Å². The molecule has 0 aromatic carbocycles. The van der Waals surface area contributed by atoms with Gasteiger partial charge in [-0.3, -0.25) is 28.5 Å². The number of imidazole rings is 1. The van der Waals surface area contributed by atoms with E-state index in [9.17, 15) is 40.7 Å². The summed E-state index contributed by atoms with van der Waals surface area (Å²) in [7, 11) is 1.25. The Balaban J connectivity index is 0.962. The van der Waals surface area contributed by atoms with Crippen LogP contribution in [0.1, 0.15) is 86.1 Å². The van der Waals surface area contributed by atoms with E-state index < -0.39 is 52.7 Å². The SMILES string of the molecule is Cc1nc(-c2cnc3nc(C4CC4)cn3c2)ccc1[C@H]1C[C@@]12CCN([C@H](Cc1cnn(C(F)F)c1)C(=O)NC(C)(C)Cn1nc(C(F)(F)F)cc1-c1cc(F)c(=O)n(C)c1)C2=O. The molecule has 9 rings (SSSR count). The molecule has 3 atom stereocenters. The largest absolute Gasteiger partial charge is 0.435 e. The number of aryl methyl sites for hydroxylation is 2. The number of halogens is 6. The smallest absolute Gasteiger partial charge is 0.348 e. The Labute approximate surface area is 349 Å². The topological polar surface area (TPSA) is 150 Å². The van der Waals surface area contributed by atoms with Gasteiger partial charge in [-0.25, -0.2) is 19.0 Å². The van der Waals surface area contributed by atoms with Gasteiger partial charge in [-0.1, -0.05) is 6.07 Å². The molecular formula is C42H41F6N11O3. The van der Waals surface area contributed by atoms with E-state index in [-0.39, 0.29) is 48.2 Å². The maximum atomic E-state index is 14.5. The molecule has 20 heteroatoms. The third-order valence-corrected chi connectivity index (χ3v) is 12.2. The van der Waals surface area contributed by atoms with Crippen LogP contribution in [0, 0.1) is 18.2 Å². The highest BCUT2D eigenvalue weighted by atomic mass is 19.4. The molecule has 1 spiro atoms. The summed E-state index contributed by atoms with van der Waals surface area (Å²) < 4.78 is 87.7. The quantitative estimate of drug-likeness (QED) is 0.143. The number of aromatic nitrogens is 9. The number of nitrogens with one attached hydrogen (secondary N) is 1. The number of likely N-dealkylation sites (tertiary alicyclic amines) is 1. The summed E-state index contributed by atoms with van der Waals surface area (Å²) in [6, 6.07) is 4.17. The fraction of sp³-hybridized carbons (Fsp3) is 0.429. The van der Waals surface area contributed by atoms with Crippen LogP contribution in [0.4, 0.5) is 26.3 Å². The van der Waals surface area contributed by atoms with Gasteiger partial charge in [0, 0.05) is 79.7 Å². The summed E-state index contributed by atoms with van der Waals surface area (Å²) in [4.78, 5) is 56.5. The number of pyridine rings is 2. The van der Waals surface area contributed by atoms with E-state index in [1.807, 2.05) is 35.9 Å². The summed E-state index contributed by atoms with van der Waals surface area (Å²) in [5, 5.41) is 10.3. The number of amides is 2. The lowest BCUT2D eigenvalue weighted by Crippen LogP contribution is -2.56.